The fraction of sp³-hybridized carbons (Fsp3) is 0. The number of pyridine rings is 2. The van der Waals surface area contributed by atoms with Crippen molar-refractivity contribution in [3.05, 3.63) is 188 Å². The van der Waals surface area contributed by atoms with Crippen molar-refractivity contribution >= 4 is 32.3 Å². The van der Waals surface area contributed by atoms with E-state index in [4.69, 9.17) is 15.1 Å². The highest BCUT2D eigenvalue weighted by Crippen LogP contribution is 2.51. The number of fused-ring (bicyclic) bond motifs is 6. The Morgan fingerprint density at radius 3 is 1.43 bits per heavy atom. The van der Waals surface area contributed by atoms with E-state index in [1.54, 1.807) is 12.4 Å². The third-order valence-corrected chi connectivity index (χ3v) is 10.2. The summed E-state index contributed by atoms with van der Waals surface area (Å²) in [5.41, 5.74) is 11.0. The molecule has 0 spiro atoms. The Kier molecular flexibility index (Phi) is 7.73. The van der Waals surface area contributed by atoms with Crippen LogP contribution < -0.4 is 0 Å². The largest absolute Gasteiger partial charge is 0.256 e. The predicted molar refractivity (Wildman–Crippen MR) is 221 cm³/mol. The number of hydrogen-bond donors (Lipinski definition) is 0. The normalized spacial score (nSPS) is 11.3. The highest BCUT2D eigenvalue weighted by atomic mass is 15.3. The molecule has 0 atom stereocenters. The third-order valence-electron chi connectivity index (χ3n) is 10.2. The van der Waals surface area contributed by atoms with E-state index in [0.29, 0.717) is 17.1 Å². The zero-order chi connectivity index (χ0) is 35.8. The standard InChI is InChI=1S/C49H31N5/c1-3-16-32(17-4-1)34-24-15-25-41(48-47(42-26-11-13-30-50-42)49(53-54-52-48)43-27-12-14-31-51-43)44(34)46-35(33-18-5-2-6-19-33)28-29-40-38-22-8-7-20-36(38)37-21-9-10-23-39(37)45(40)46/h1-31H. The Morgan fingerprint density at radius 1 is 0.296 bits per heavy atom. The Balaban J connectivity index is 1.43. The van der Waals surface area contributed by atoms with Gasteiger partial charge in [0.1, 0.15) is 11.4 Å². The van der Waals surface area contributed by atoms with E-state index in [2.05, 4.69) is 150 Å². The zero-order valence-corrected chi connectivity index (χ0v) is 29.1. The van der Waals surface area contributed by atoms with E-state index in [1.165, 1.54) is 32.3 Å². The van der Waals surface area contributed by atoms with E-state index < -0.39 is 0 Å². The van der Waals surface area contributed by atoms with Crippen LogP contribution in [0.25, 0.3) is 99.6 Å². The van der Waals surface area contributed by atoms with Gasteiger partial charge in [0.05, 0.1) is 17.0 Å². The Hall–Kier alpha value is -7.37. The van der Waals surface area contributed by atoms with Crippen molar-refractivity contribution in [3.8, 4) is 67.3 Å². The molecule has 7 aromatic carbocycles. The molecule has 10 aromatic rings. The van der Waals surface area contributed by atoms with Gasteiger partial charge in [0, 0.05) is 23.5 Å². The van der Waals surface area contributed by atoms with Crippen LogP contribution in [0.2, 0.25) is 0 Å². The van der Waals surface area contributed by atoms with E-state index in [1.807, 2.05) is 36.4 Å². The first-order valence-electron chi connectivity index (χ1n) is 18.0. The van der Waals surface area contributed by atoms with Gasteiger partial charge in [-0.25, -0.2) is 0 Å². The molecular weight excluding hydrogens is 659 g/mol. The number of aromatic nitrogens is 5. The van der Waals surface area contributed by atoms with Crippen LogP contribution in [0.3, 0.4) is 0 Å². The van der Waals surface area contributed by atoms with Gasteiger partial charge in [0.2, 0.25) is 0 Å². The minimum Gasteiger partial charge on any atom is -0.256 e. The van der Waals surface area contributed by atoms with E-state index in [-0.39, 0.29) is 0 Å². The summed E-state index contributed by atoms with van der Waals surface area (Å²) in [4.78, 5) is 9.57. The summed E-state index contributed by atoms with van der Waals surface area (Å²) in [5.74, 6) is 0. The molecule has 54 heavy (non-hydrogen) atoms. The molecule has 0 aliphatic heterocycles. The molecule has 252 valence electrons. The molecule has 0 radical (unpaired) electrons. The van der Waals surface area contributed by atoms with Crippen molar-refractivity contribution in [1.82, 2.24) is 25.4 Å². The molecule has 5 nitrogen and oxygen atoms in total. The number of benzene rings is 7. The van der Waals surface area contributed by atoms with Crippen molar-refractivity contribution < 1.29 is 0 Å². The van der Waals surface area contributed by atoms with Gasteiger partial charge in [0.15, 0.2) is 0 Å². The van der Waals surface area contributed by atoms with Gasteiger partial charge in [-0.1, -0.05) is 152 Å². The second-order valence-electron chi connectivity index (χ2n) is 13.3. The van der Waals surface area contributed by atoms with Crippen LogP contribution >= 0.6 is 0 Å². The van der Waals surface area contributed by atoms with Gasteiger partial charge in [-0.15, -0.1) is 10.2 Å². The van der Waals surface area contributed by atoms with E-state index in [9.17, 15) is 0 Å². The first-order chi connectivity index (χ1) is 26.8. The second kappa shape index (κ2) is 13.3. The average Bonchev–Trinajstić information content (AvgIpc) is 3.26. The van der Waals surface area contributed by atoms with Gasteiger partial charge in [-0.05, 0) is 89.6 Å². The van der Waals surface area contributed by atoms with E-state index >= 15 is 0 Å². The minimum absolute atomic E-state index is 0.619. The molecule has 0 fully saturated rings. The lowest BCUT2D eigenvalue weighted by atomic mass is 9.80. The lowest BCUT2D eigenvalue weighted by Gasteiger charge is -2.23. The fourth-order valence-electron chi connectivity index (χ4n) is 7.94. The monoisotopic (exact) mass is 689 g/mol. The van der Waals surface area contributed by atoms with Gasteiger partial charge in [-0.2, -0.15) is 0 Å². The quantitative estimate of drug-likeness (QED) is 0.163. The van der Waals surface area contributed by atoms with Gasteiger partial charge in [-0.3, -0.25) is 9.97 Å². The first kappa shape index (κ1) is 31.4. The van der Waals surface area contributed by atoms with Crippen molar-refractivity contribution in [1.29, 1.82) is 0 Å². The summed E-state index contributed by atoms with van der Waals surface area (Å²) in [6.45, 7) is 0. The predicted octanol–water partition coefficient (Wildman–Crippen LogP) is 12.1. The van der Waals surface area contributed by atoms with E-state index in [0.717, 1.165) is 50.2 Å². The SMILES string of the molecule is c1ccc(-c2cccc(-c3nnnc(-c4ccccn4)c3-c3ccccn3)c2-c2c(-c3ccccc3)ccc3c4ccccc4c4ccccc4c23)cc1. The topological polar surface area (TPSA) is 64.5 Å². The highest BCUT2D eigenvalue weighted by Gasteiger charge is 2.27. The van der Waals surface area contributed by atoms with Crippen LogP contribution in [0, 0.1) is 0 Å². The van der Waals surface area contributed by atoms with Crippen LogP contribution in [0.1, 0.15) is 0 Å². The van der Waals surface area contributed by atoms with Gasteiger partial charge < -0.3 is 0 Å². The average molecular weight is 690 g/mol. The molecule has 3 aromatic heterocycles. The maximum Gasteiger partial charge on any atom is 0.125 e. The maximum atomic E-state index is 4.90. The first-order valence-corrected chi connectivity index (χ1v) is 18.0. The second-order valence-corrected chi connectivity index (χ2v) is 13.3. The van der Waals surface area contributed by atoms with Gasteiger partial charge >= 0.3 is 0 Å². The molecule has 0 saturated heterocycles. The fourth-order valence-corrected chi connectivity index (χ4v) is 7.94. The molecule has 0 unspecified atom stereocenters. The van der Waals surface area contributed by atoms with Crippen LogP contribution in [0.4, 0.5) is 0 Å². The summed E-state index contributed by atoms with van der Waals surface area (Å²) < 4.78 is 0. The van der Waals surface area contributed by atoms with Crippen molar-refractivity contribution in [2.45, 2.75) is 0 Å². The van der Waals surface area contributed by atoms with Crippen LogP contribution in [-0.4, -0.2) is 25.4 Å². The molecular formula is C49H31N5. The lowest BCUT2D eigenvalue weighted by Crippen LogP contribution is -2.04. The molecule has 0 N–H and O–H groups in total. The van der Waals surface area contributed by atoms with Crippen molar-refractivity contribution in [2.75, 3.05) is 0 Å². The van der Waals surface area contributed by atoms with Crippen molar-refractivity contribution in [3.63, 3.8) is 0 Å². The van der Waals surface area contributed by atoms with Gasteiger partial charge in [0.25, 0.3) is 0 Å². The number of hydrogen-bond acceptors (Lipinski definition) is 5. The van der Waals surface area contributed by atoms with Crippen LogP contribution in [-0.2, 0) is 0 Å². The number of nitrogens with zero attached hydrogens (tertiary/aromatic N) is 5. The molecule has 5 heteroatoms. The third kappa shape index (κ3) is 5.22. The summed E-state index contributed by atoms with van der Waals surface area (Å²) in [6.07, 6.45) is 3.58. The van der Waals surface area contributed by atoms with Crippen LogP contribution in [0.5, 0.6) is 0 Å². The molecule has 0 bridgehead atoms. The molecule has 3 heterocycles. The Labute approximate surface area is 312 Å². The summed E-state index contributed by atoms with van der Waals surface area (Å²) in [6, 6.07) is 61.7. The molecule has 0 saturated carbocycles. The molecule has 0 amide bonds. The summed E-state index contributed by atoms with van der Waals surface area (Å²) >= 11 is 0. The lowest BCUT2D eigenvalue weighted by molar-refractivity contribution is 0.875. The molecule has 0 aliphatic rings. The smallest absolute Gasteiger partial charge is 0.125 e. The Bertz CT molecular complexity index is 2930. The maximum absolute atomic E-state index is 4.90. The molecule has 0 aliphatic carbocycles. The summed E-state index contributed by atoms with van der Waals surface area (Å²) in [5, 5.41) is 21.2. The molecule has 10 rings (SSSR count). The Morgan fingerprint density at radius 2 is 0.796 bits per heavy atom. The van der Waals surface area contributed by atoms with Crippen molar-refractivity contribution in [2.24, 2.45) is 0 Å². The number of rotatable bonds is 6. The highest BCUT2D eigenvalue weighted by molar-refractivity contribution is 6.30. The minimum atomic E-state index is 0.619. The zero-order valence-electron chi connectivity index (χ0n) is 29.1. The summed E-state index contributed by atoms with van der Waals surface area (Å²) in [7, 11) is 0. The van der Waals surface area contributed by atoms with Crippen LogP contribution in [0.15, 0.2) is 188 Å².